The van der Waals surface area contributed by atoms with Gasteiger partial charge in [0.05, 0.1) is 6.10 Å². The lowest BCUT2D eigenvalue weighted by Gasteiger charge is -2.25. The second-order valence-corrected chi connectivity index (χ2v) is 9.67. The molecule has 0 aliphatic rings. The summed E-state index contributed by atoms with van der Waals surface area (Å²) in [6, 6.07) is 2.78. The first-order chi connectivity index (χ1) is 17.1. The number of fused-ring (bicyclic) bond motifs is 1. The van der Waals surface area contributed by atoms with Gasteiger partial charge in [-0.3, -0.25) is 14.4 Å². The van der Waals surface area contributed by atoms with Crippen LogP contribution in [-0.4, -0.2) is 86.9 Å². The molecule has 0 fully saturated rings. The van der Waals surface area contributed by atoms with Gasteiger partial charge in [-0.25, -0.2) is 4.79 Å². The molecule has 1 heterocycles. The lowest BCUT2D eigenvalue weighted by atomic mass is 10.0. The maximum atomic E-state index is 12.9. The molecular formula is C23H33N5O6S2. The number of carbonyl (C=O) groups is 4. The van der Waals surface area contributed by atoms with Gasteiger partial charge in [-0.05, 0) is 37.0 Å². The van der Waals surface area contributed by atoms with Crippen LogP contribution in [0.1, 0.15) is 18.9 Å². The zero-order valence-corrected chi connectivity index (χ0v) is 21.8. The number of nitrogens with two attached hydrogens (primary N) is 1. The van der Waals surface area contributed by atoms with Crippen molar-refractivity contribution in [3.05, 3.63) is 36.0 Å². The second kappa shape index (κ2) is 14.1. The minimum atomic E-state index is -1.24. The van der Waals surface area contributed by atoms with E-state index in [0.717, 1.165) is 16.5 Å². The standard InChI is InChI=1S/C23H33N5O6S2/c1-12(29)19(24)22(32)26-16(7-8-36-2)20(30)28-18(11-35)21(31)27-17(23(33)34)9-13-10-25-15-6-4-3-5-14(13)15/h3-6,10,12,16-19,25,29,35H,7-9,11,24H2,1-2H3,(H,26,32)(H,27,31)(H,28,30)(H,33,34). The number of rotatable bonds is 14. The molecule has 0 aliphatic carbocycles. The summed E-state index contributed by atoms with van der Waals surface area (Å²) in [7, 11) is 0. The third kappa shape index (κ3) is 8.15. The van der Waals surface area contributed by atoms with Crippen LogP contribution in [0.3, 0.4) is 0 Å². The number of aliphatic carboxylic acids is 1. The molecule has 0 bridgehead atoms. The van der Waals surface area contributed by atoms with Crippen molar-refractivity contribution in [1.82, 2.24) is 20.9 Å². The molecule has 198 valence electrons. The van der Waals surface area contributed by atoms with E-state index in [1.807, 2.05) is 30.5 Å². The molecule has 0 saturated heterocycles. The zero-order valence-electron chi connectivity index (χ0n) is 20.1. The Balaban J connectivity index is 2.09. The van der Waals surface area contributed by atoms with Gasteiger partial charge in [-0.2, -0.15) is 24.4 Å². The fourth-order valence-electron chi connectivity index (χ4n) is 3.45. The third-order valence-electron chi connectivity index (χ3n) is 5.60. The number of aromatic amines is 1. The number of para-hydroxylation sites is 1. The van der Waals surface area contributed by atoms with Crippen LogP contribution in [0.2, 0.25) is 0 Å². The maximum Gasteiger partial charge on any atom is 0.326 e. The Kier molecular flexibility index (Phi) is 11.6. The number of thioether (sulfide) groups is 1. The Morgan fingerprint density at radius 2 is 1.67 bits per heavy atom. The lowest BCUT2D eigenvalue weighted by Crippen LogP contribution is -2.58. The van der Waals surface area contributed by atoms with Crippen LogP contribution in [0.4, 0.5) is 0 Å². The van der Waals surface area contributed by atoms with Gasteiger partial charge in [-0.15, -0.1) is 0 Å². The van der Waals surface area contributed by atoms with E-state index in [-0.39, 0.29) is 18.6 Å². The number of amides is 3. The van der Waals surface area contributed by atoms with Gasteiger partial charge in [-0.1, -0.05) is 18.2 Å². The van der Waals surface area contributed by atoms with E-state index in [2.05, 4.69) is 33.6 Å². The highest BCUT2D eigenvalue weighted by Gasteiger charge is 2.30. The van der Waals surface area contributed by atoms with Gasteiger partial charge in [0.1, 0.15) is 24.2 Å². The van der Waals surface area contributed by atoms with Crippen LogP contribution in [-0.2, 0) is 25.6 Å². The predicted octanol–water partition coefficient (Wildman–Crippen LogP) is -0.360. The van der Waals surface area contributed by atoms with Crippen LogP contribution in [0, 0.1) is 0 Å². The van der Waals surface area contributed by atoms with E-state index >= 15 is 0 Å². The number of carboxylic acid groups (broad SMARTS) is 1. The van der Waals surface area contributed by atoms with Crippen molar-refractivity contribution in [3.8, 4) is 0 Å². The van der Waals surface area contributed by atoms with Gasteiger partial charge in [0.15, 0.2) is 0 Å². The smallest absolute Gasteiger partial charge is 0.326 e. The normalized spacial score (nSPS) is 15.4. The number of nitrogens with one attached hydrogen (secondary N) is 4. The molecular weight excluding hydrogens is 506 g/mol. The monoisotopic (exact) mass is 539 g/mol. The van der Waals surface area contributed by atoms with Crippen molar-refractivity contribution in [2.45, 2.75) is 50.0 Å². The number of hydrogen-bond donors (Lipinski definition) is 8. The zero-order chi connectivity index (χ0) is 26.8. The van der Waals surface area contributed by atoms with Crippen LogP contribution < -0.4 is 21.7 Å². The van der Waals surface area contributed by atoms with Crippen molar-refractivity contribution in [2.24, 2.45) is 5.73 Å². The molecule has 2 rings (SSSR count). The number of H-pyrrole nitrogens is 1. The predicted molar refractivity (Wildman–Crippen MR) is 142 cm³/mol. The van der Waals surface area contributed by atoms with Crippen molar-refractivity contribution in [3.63, 3.8) is 0 Å². The third-order valence-corrected chi connectivity index (χ3v) is 6.60. The van der Waals surface area contributed by atoms with Crippen LogP contribution >= 0.6 is 24.4 Å². The molecule has 13 heteroatoms. The number of carbonyl (C=O) groups excluding carboxylic acids is 3. The van der Waals surface area contributed by atoms with Crippen molar-refractivity contribution in [2.75, 3.05) is 17.8 Å². The molecule has 36 heavy (non-hydrogen) atoms. The summed E-state index contributed by atoms with van der Waals surface area (Å²) in [6.07, 6.45) is 2.70. The summed E-state index contributed by atoms with van der Waals surface area (Å²) < 4.78 is 0. The highest BCUT2D eigenvalue weighted by Crippen LogP contribution is 2.19. The van der Waals surface area contributed by atoms with Gasteiger partial charge in [0.2, 0.25) is 17.7 Å². The van der Waals surface area contributed by atoms with E-state index in [4.69, 9.17) is 5.73 Å². The molecule has 1 aromatic carbocycles. The molecule has 1 aromatic heterocycles. The number of aliphatic hydroxyl groups is 1. The first kappa shape index (κ1) is 29.5. The Morgan fingerprint density at radius 3 is 2.28 bits per heavy atom. The summed E-state index contributed by atoms with van der Waals surface area (Å²) in [5, 5.41) is 27.6. The van der Waals surface area contributed by atoms with Crippen molar-refractivity contribution >= 4 is 59.0 Å². The first-order valence-electron chi connectivity index (χ1n) is 11.3. The highest BCUT2D eigenvalue weighted by atomic mass is 32.2. The van der Waals surface area contributed by atoms with Crippen LogP contribution in [0.25, 0.3) is 10.9 Å². The summed E-state index contributed by atoms with van der Waals surface area (Å²) in [5.74, 6) is -2.87. The van der Waals surface area contributed by atoms with E-state index < -0.39 is 54.0 Å². The quantitative estimate of drug-likeness (QED) is 0.150. The molecule has 0 spiro atoms. The highest BCUT2D eigenvalue weighted by molar-refractivity contribution is 7.98. The molecule has 2 aromatic rings. The summed E-state index contributed by atoms with van der Waals surface area (Å²) in [5.41, 5.74) is 7.22. The van der Waals surface area contributed by atoms with Crippen LogP contribution in [0.5, 0.6) is 0 Å². The van der Waals surface area contributed by atoms with Gasteiger partial charge in [0.25, 0.3) is 0 Å². The minimum absolute atomic E-state index is 0.0297. The number of hydrogen-bond acceptors (Lipinski definition) is 8. The Morgan fingerprint density at radius 1 is 1.06 bits per heavy atom. The first-order valence-corrected chi connectivity index (χ1v) is 13.3. The average Bonchev–Trinajstić information content (AvgIpc) is 3.26. The Labute approximate surface area is 218 Å². The van der Waals surface area contributed by atoms with Crippen LogP contribution in [0.15, 0.2) is 30.5 Å². The summed E-state index contributed by atoms with van der Waals surface area (Å²) in [4.78, 5) is 53.0. The average molecular weight is 540 g/mol. The number of aliphatic hydroxyl groups excluding tert-OH is 1. The Bertz CT molecular complexity index is 1060. The van der Waals surface area contributed by atoms with E-state index in [1.165, 1.54) is 18.7 Å². The van der Waals surface area contributed by atoms with Gasteiger partial charge in [0, 0.05) is 29.3 Å². The molecule has 3 amide bonds. The molecule has 0 aliphatic heterocycles. The minimum Gasteiger partial charge on any atom is -0.480 e. The van der Waals surface area contributed by atoms with E-state index in [1.54, 1.807) is 6.20 Å². The fourth-order valence-corrected chi connectivity index (χ4v) is 4.18. The van der Waals surface area contributed by atoms with Crippen molar-refractivity contribution in [1.29, 1.82) is 0 Å². The molecule has 5 unspecified atom stereocenters. The second-order valence-electron chi connectivity index (χ2n) is 8.32. The molecule has 8 N–H and O–H groups in total. The van der Waals surface area contributed by atoms with E-state index in [9.17, 15) is 29.4 Å². The van der Waals surface area contributed by atoms with E-state index in [0.29, 0.717) is 5.75 Å². The Hall–Kier alpha value is -2.74. The van der Waals surface area contributed by atoms with Gasteiger partial charge < -0.3 is 36.9 Å². The topological polar surface area (TPSA) is 187 Å². The molecule has 0 radical (unpaired) electrons. The fraction of sp³-hybridized carbons (Fsp3) is 0.478. The summed E-state index contributed by atoms with van der Waals surface area (Å²) in [6.45, 7) is 1.36. The largest absolute Gasteiger partial charge is 0.480 e. The number of thiol groups is 1. The number of carboxylic acids is 1. The SMILES string of the molecule is CSCCC(NC(=O)C(N)C(C)O)C(=O)NC(CS)C(=O)NC(Cc1c[nH]c2ccccc12)C(=O)O. The van der Waals surface area contributed by atoms with Crippen molar-refractivity contribution < 1.29 is 29.4 Å². The molecule has 5 atom stereocenters. The summed E-state index contributed by atoms with van der Waals surface area (Å²) >= 11 is 5.60. The number of benzene rings is 1. The molecule has 0 saturated carbocycles. The maximum absolute atomic E-state index is 12.9. The molecule has 11 nitrogen and oxygen atoms in total. The van der Waals surface area contributed by atoms with Gasteiger partial charge >= 0.3 is 5.97 Å². The lowest BCUT2D eigenvalue weighted by molar-refractivity contribution is -0.142. The number of aromatic nitrogens is 1.